The van der Waals surface area contributed by atoms with Gasteiger partial charge in [0.05, 0.1) is 34.3 Å². The maximum absolute atomic E-state index is 13.3. The number of fused-ring (bicyclic) bond motifs is 1. The van der Waals surface area contributed by atoms with Crippen LogP contribution in [0.1, 0.15) is 28.5 Å². The molecular formula is C22H21N5O3. The molecule has 0 fully saturated rings. The van der Waals surface area contributed by atoms with Crippen molar-refractivity contribution in [1.82, 2.24) is 14.8 Å². The largest absolute Gasteiger partial charge is 0.463 e. The van der Waals surface area contributed by atoms with E-state index in [0.717, 1.165) is 5.56 Å². The predicted molar refractivity (Wildman–Crippen MR) is 114 cm³/mol. The van der Waals surface area contributed by atoms with E-state index in [9.17, 15) is 9.59 Å². The van der Waals surface area contributed by atoms with Gasteiger partial charge in [-0.3, -0.25) is 14.3 Å². The van der Waals surface area contributed by atoms with E-state index in [1.165, 1.54) is 6.92 Å². The Morgan fingerprint density at radius 2 is 1.87 bits per heavy atom. The van der Waals surface area contributed by atoms with Gasteiger partial charge in [-0.15, -0.1) is 0 Å². The molecule has 0 bridgehead atoms. The number of rotatable bonds is 4. The van der Waals surface area contributed by atoms with Crippen molar-refractivity contribution in [2.24, 2.45) is 7.05 Å². The summed E-state index contributed by atoms with van der Waals surface area (Å²) in [7, 11) is 1.78. The molecule has 0 radical (unpaired) electrons. The van der Waals surface area contributed by atoms with E-state index in [1.54, 1.807) is 42.3 Å². The van der Waals surface area contributed by atoms with Gasteiger partial charge in [-0.2, -0.15) is 5.10 Å². The molecule has 152 valence electrons. The summed E-state index contributed by atoms with van der Waals surface area (Å²) in [5.41, 5.74) is 4.23. The van der Waals surface area contributed by atoms with Crippen molar-refractivity contribution in [3.05, 3.63) is 59.5 Å². The first kappa shape index (κ1) is 19.4. The first-order valence-corrected chi connectivity index (χ1v) is 9.41. The van der Waals surface area contributed by atoms with Gasteiger partial charge in [-0.1, -0.05) is 6.07 Å². The average molecular weight is 403 g/mol. The number of carbonyl (C=O) groups is 2. The van der Waals surface area contributed by atoms with E-state index in [-0.39, 0.29) is 11.8 Å². The molecular weight excluding hydrogens is 382 g/mol. The van der Waals surface area contributed by atoms with Gasteiger partial charge in [0, 0.05) is 14.0 Å². The summed E-state index contributed by atoms with van der Waals surface area (Å²) < 4.78 is 7.12. The molecule has 0 unspecified atom stereocenters. The standard InChI is InChI=1S/C22H21N5O3/c1-12-7-8-16(23-14(3)28)17(10-12)25-22(29)15-11-18(19-6-5-9-30-19)24-21-20(15)13(2)26-27(21)4/h5-11H,1-4H3,(H,23,28)(H,25,29). The van der Waals surface area contributed by atoms with Crippen molar-refractivity contribution in [3.8, 4) is 11.5 Å². The summed E-state index contributed by atoms with van der Waals surface area (Å²) in [6.45, 7) is 5.17. The average Bonchev–Trinajstić information content (AvgIpc) is 3.32. The lowest BCUT2D eigenvalue weighted by Gasteiger charge is -2.13. The molecule has 0 saturated heterocycles. The van der Waals surface area contributed by atoms with Crippen LogP contribution in [0.25, 0.3) is 22.5 Å². The molecule has 0 saturated carbocycles. The summed E-state index contributed by atoms with van der Waals surface area (Å²) in [5.74, 6) is 0.00617. The second-order valence-corrected chi connectivity index (χ2v) is 7.12. The van der Waals surface area contributed by atoms with Crippen LogP contribution in [-0.4, -0.2) is 26.6 Å². The summed E-state index contributed by atoms with van der Waals surface area (Å²) in [5, 5.41) is 10.8. The van der Waals surface area contributed by atoms with E-state index in [0.29, 0.717) is 45.1 Å². The number of hydrogen-bond donors (Lipinski definition) is 2. The lowest BCUT2D eigenvalue weighted by Crippen LogP contribution is -2.16. The second-order valence-electron chi connectivity index (χ2n) is 7.12. The zero-order valence-corrected chi connectivity index (χ0v) is 17.1. The Morgan fingerprint density at radius 3 is 2.57 bits per heavy atom. The molecule has 8 heteroatoms. The second kappa shape index (κ2) is 7.47. The fraction of sp³-hybridized carbons (Fsp3) is 0.182. The van der Waals surface area contributed by atoms with Crippen LogP contribution in [0.2, 0.25) is 0 Å². The Balaban J connectivity index is 1.82. The third kappa shape index (κ3) is 3.55. The minimum atomic E-state index is -0.330. The van der Waals surface area contributed by atoms with Gasteiger partial charge >= 0.3 is 0 Å². The number of benzene rings is 1. The van der Waals surface area contributed by atoms with E-state index in [1.807, 2.05) is 26.0 Å². The van der Waals surface area contributed by atoms with Crippen LogP contribution in [-0.2, 0) is 11.8 Å². The van der Waals surface area contributed by atoms with Gasteiger partial charge < -0.3 is 15.1 Å². The predicted octanol–water partition coefficient (Wildman–Crippen LogP) is 4.06. The Labute approximate surface area is 172 Å². The number of hydrogen-bond acceptors (Lipinski definition) is 5. The third-order valence-corrected chi connectivity index (χ3v) is 4.72. The normalized spacial score (nSPS) is 10.9. The molecule has 1 aromatic carbocycles. The topological polar surface area (TPSA) is 102 Å². The zero-order valence-electron chi connectivity index (χ0n) is 17.1. The fourth-order valence-electron chi connectivity index (χ4n) is 3.42. The lowest BCUT2D eigenvalue weighted by molar-refractivity contribution is -0.114. The maximum atomic E-state index is 13.3. The van der Waals surface area contributed by atoms with Crippen LogP contribution in [0.4, 0.5) is 11.4 Å². The first-order valence-electron chi connectivity index (χ1n) is 9.41. The van der Waals surface area contributed by atoms with Gasteiger partial charge in [-0.25, -0.2) is 4.98 Å². The number of aromatic nitrogens is 3. The van der Waals surface area contributed by atoms with Gasteiger partial charge in [0.1, 0.15) is 5.69 Å². The summed E-state index contributed by atoms with van der Waals surface area (Å²) in [6.07, 6.45) is 1.56. The van der Waals surface area contributed by atoms with Crippen molar-refractivity contribution in [2.75, 3.05) is 10.6 Å². The molecule has 2 amide bonds. The molecule has 2 N–H and O–H groups in total. The first-order chi connectivity index (χ1) is 14.3. The smallest absolute Gasteiger partial charge is 0.256 e. The number of anilines is 2. The minimum absolute atomic E-state index is 0.219. The molecule has 0 aliphatic rings. The zero-order chi connectivity index (χ0) is 21.4. The fourth-order valence-corrected chi connectivity index (χ4v) is 3.42. The summed E-state index contributed by atoms with van der Waals surface area (Å²) in [6, 6.07) is 10.7. The number of pyridine rings is 1. The van der Waals surface area contributed by atoms with E-state index in [4.69, 9.17) is 4.42 Å². The van der Waals surface area contributed by atoms with Crippen LogP contribution in [0.3, 0.4) is 0 Å². The number of nitrogens with zero attached hydrogens (tertiary/aromatic N) is 3. The van der Waals surface area contributed by atoms with Crippen LogP contribution in [0.5, 0.6) is 0 Å². The van der Waals surface area contributed by atoms with Gasteiger partial charge in [0.25, 0.3) is 5.91 Å². The molecule has 4 rings (SSSR count). The number of carbonyl (C=O) groups excluding carboxylic acids is 2. The highest BCUT2D eigenvalue weighted by molar-refractivity contribution is 6.14. The molecule has 0 atom stereocenters. The van der Waals surface area contributed by atoms with Gasteiger partial charge in [0.15, 0.2) is 11.4 Å². The Bertz CT molecular complexity index is 1270. The Kier molecular flexibility index (Phi) is 4.83. The van der Waals surface area contributed by atoms with Crippen LogP contribution in [0, 0.1) is 13.8 Å². The van der Waals surface area contributed by atoms with Gasteiger partial charge in [-0.05, 0) is 49.7 Å². The quantitative estimate of drug-likeness (QED) is 0.535. The van der Waals surface area contributed by atoms with Crippen molar-refractivity contribution in [1.29, 1.82) is 0 Å². The SMILES string of the molecule is CC(=O)Nc1ccc(C)cc1NC(=O)c1cc(-c2ccco2)nc2c1c(C)nn2C. The monoisotopic (exact) mass is 403 g/mol. The molecule has 3 aromatic heterocycles. The summed E-state index contributed by atoms with van der Waals surface area (Å²) in [4.78, 5) is 29.5. The van der Waals surface area contributed by atoms with E-state index in [2.05, 4.69) is 20.7 Å². The van der Waals surface area contributed by atoms with Crippen LogP contribution in [0.15, 0.2) is 47.1 Å². The molecule has 4 aromatic rings. The molecule has 0 aliphatic heterocycles. The number of nitrogens with one attached hydrogen (secondary N) is 2. The van der Waals surface area contributed by atoms with Crippen LogP contribution < -0.4 is 10.6 Å². The number of aryl methyl sites for hydroxylation is 3. The number of furan rings is 1. The lowest BCUT2D eigenvalue weighted by atomic mass is 10.1. The molecule has 3 heterocycles. The van der Waals surface area contributed by atoms with E-state index >= 15 is 0 Å². The van der Waals surface area contributed by atoms with Crippen molar-refractivity contribution < 1.29 is 14.0 Å². The third-order valence-electron chi connectivity index (χ3n) is 4.72. The molecule has 0 spiro atoms. The Morgan fingerprint density at radius 1 is 1.07 bits per heavy atom. The van der Waals surface area contributed by atoms with Gasteiger partial charge in [0.2, 0.25) is 5.91 Å². The van der Waals surface area contributed by atoms with Crippen molar-refractivity contribution in [3.63, 3.8) is 0 Å². The molecule has 8 nitrogen and oxygen atoms in total. The molecule has 0 aliphatic carbocycles. The Hall–Kier alpha value is -3.94. The summed E-state index contributed by atoms with van der Waals surface area (Å²) >= 11 is 0. The highest BCUT2D eigenvalue weighted by Gasteiger charge is 2.21. The minimum Gasteiger partial charge on any atom is -0.463 e. The highest BCUT2D eigenvalue weighted by atomic mass is 16.3. The van der Waals surface area contributed by atoms with Crippen molar-refractivity contribution >= 4 is 34.2 Å². The van der Waals surface area contributed by atoms with Crippen molar-refractivity contribution in [2.45, 2.75) is 20.8 Å². The van der Waals surface area contributed by atoms with E-state index < -0.39 is 0 Å². The molecule has 30 heavy (non-hydrogen) atoms. The van der Waals surface area contributed by atoms with Crippen LogP contribution >= 0.6 is 0 Å². The number of amides is 2. The maximum Gasteiger partial charge on any atom is 0.256 e. The highest BCUT2D eigenvalue weighted by Crippen LogP contribution is 2.29.